The van der Waals surface area contributed by atoms with Crippen LogP contribution in [0, 0.1) is 27.7 Å². The van der Waals surface area contributed by atoms with Crippen LogP contribution in [0.4, 0.5) is 0 Å². The van der Waals surface area contributed by atoms with Crippen LogP contribution in [0.5, 0.6) is 17.2 Å². The van der Waals surface area contributed by atoms with Gasteiger partial charge in [0.05, 0.1) is 119 Å². The minimum Gasteiger partial charge on any atom is -0.493 e. The van der Waals surface area contributed by atoms with Gasteiger partial charge in [0.2, 0.25) is 0 Å². The summed E-state index contributed by atoms with van der Waals surface area (Å²) in [6, 6.07) is 36.2. The van der Waals surface area contributed by atoms with E-state index in [0.29, 0.717) is 94.5 Å². The first-order valence-corrected chi connectivity index (χ1v) is 38.5. The molecule has 3 atom stereocenters. The number of fused-ring (bicyclic) bond motifs is 6. The van der Waals surface area contributed by atoms with E-state index in [-0.39, 0.29) is 40.4 Å². The van der Waals surface area contributed by atoms with Crippen LogP contribution < -0.4 is 30.9 Å². The van der Waals surface area contributed by atoms with Crippen LogP contribution in [0.1, 0.15) is 137 Å². The molecule has 13 aromatic rings. The lowest BCUT2D eigenvalue weighted by atomic mass is 9.89. The van der Waals surface area contributed by atoms with E-state index in [9.17, 15) is 44.1 Å². The fourth-order valence-corrected chi connectivity index (χ4v) is 15.6. The van der Waals surface area contributed by atoms with Crippen molar-refractivity contribution < 1.29 is 63.2 Å². The quantitative estimate of drug-likeness (QED) is 0.0615. The predicted octanol–water partition coefficient (Wildman–Crippen LogP) is 11.3. The molecular weight excluding hydrogens is 1490 g/mol. The molecule has 28 nitrogen and oxygen atoms in total. The zero-order valence-corrected chi connectivity index (χ0v) is 67.4. The number of benzene rings is 4. The number of aryl methyl sites for hydroxylation is 1. The van der Waals surface area contributed by atoms with Crippen LogP contribution in [-0.2, 0) is 95.2 Å². The highest BCUT2D eigenvalue weighted by molar-refractivity contribution is 6.01. The van der Waals surface area contributed by atoms with Gasteiger partial charge in [0.25, 0.3) is 16.7 Å². The number of carbonyl (C=O) groups is 3. The standard InChI is InChI=1S/C29H32N4O5.C28H29N3O5.C26H26N4O5.C6H7NO/c1-17-19-10-8-14-37-22(19)12-11-20(17)23-21-15-31-33(16-18-9-6-7-13-30-18)24(21)27(34)32(5)25(23)26(28(35)36)38-29(2,3)4;1-16-7-9-18(10-8-16)15-31-24-21(14-29-31)23(25(30(3)27(24)33)26(32)28(34)35-4)20-11-12-22-19(17(20)2)6-5-13-36-22;1-15-17-8-6-12-35-20(17)10-9-18(15)21-19-13-28-30(14-16-7-4-5-11-27-16)22(19)25(32)29(2)23(21)24(31)26(33)34-3;8-5-6-3-1-2-4-7-6/h6-7,9,11-13,15,26H,8,10,14,16H2,1-5H3,(H,35,36);7-12,14,26,32H,5-6,13,15H2,1-4H3;4-5,7,9-11,13,24,31H,6,8,12,14H2,1-3H3;1-4,8H,5H2. The fraction of sp³-hybridized carbons (Fsp3) is 0.326. The summed E-state index contributed by atoms with van der Waals surface area (Å²) in [5.41, 5.74) is 14.7. The Bertz CT molecular complexity index is 6080. The van der Waals surface area contributed by atoms with Crippen LogP contribution >= 0.6 is 0 Å². The molecule has 4 N–H and O–H groups in total. The molecular formula is C89H94N12O16. The molecule has 0 bridgehead atoms. The highest BCUT2D eigenvalue weighted by Gasteiger charge is 2.37. The van der Waals surface area contributed by atoms with E-state index in [1.807, 2.05) is 137 Å². The van der Waals surface area contributed by atoms with Gasteiger partial charge >= 0.3 is 17.9 Å². The van der Waals surface area contributed by atoms with Crippen molar-refractivity contribution in [1.82, 2.24) is 58.0 Å². The molecule has 28 heteroatoms. The first-order chi connectivity index (χ1) is 56.2. The fourth-order valence-electron chi connectivity index (χ4n) is 15.6. The third kappa shape index (κ3) is 16.8. The van der Waals surface area contributed by atoms with Gasteiger partial charge in [0.1, 0.15) is 33.8 Å². The Morgan fingerprint density at radius 1 is 0.479 bits per heavy atom. The number of hydrogen-bond donors (Lipinski definition) is 4. The first-order valence-electron chi connectivity index (χ1n) is 38.5. The summed E-state index contributed by atoms with van der Waals surface area (Å²) in [5.74, 6) is -0.341. The molecule has 0 saturated heterocycles. The second kappa shape index (κ2) is 35.1. The number of ether oxygens (including phenoxy) is 6. The molecule has 117 heavy (non-hydrogen) atoms. The number of rotatable bonds is 17. The van der Waals surface area contributed by atoms with Crippen LogP contribution in [0.2, 0.25) is 0 Å². The first kappa shape index (κ1) is 82.2. The summed E-state index contributed by atoms with van der Waals surface area (Å²) in [7, 11) is 7.11. The summed E-state index contributed by atoms with van der Waals surface area (Å²) >= 11 is 0. The van der Waals surface area contributed by atoms with Crippen molar-refractivity contribution >= 4 is 50.6 Å². The maximum atomic E-state index is 13.8. The second-order valence-corrected chi connectivity index (χ2v) is 30.0. The number of methoxy groups -OCH3 is 2. The summed E-state index contributed by atoms with van der Waals surface area (Å²) in [4.78, 5) is 91.1. The van der Waals surface area contributed by atoms with Crippen LogP contribution in [-0.4, -0.2) is 136 Å². The van der Waals surface area contributed by atoms with Crippen molar-refractivity contribution in [3.8, 4) is 50.6 Å². The van der Waals surface area contributed by atoms with Crippen molar-refractivity contribution in [1.29, 1.82) is 0 Å². The molecule has 12 heterocycles. The Balaban J connectivity index is 0.000000145. The van der Waals surface area contributed by atoms with Gasteiger partial charge in [-0.15, -0.1) is 0 Å². The predicted molar refractivity (Wildman–Crippen MR) is 439 cm³/mol. The zero-order valence-electron chi connectivity index (χ0n) is 67.4. The average molecular weight is 1590 g/mol. The van der Waals surface area contributed by atoms with E-state index in [1.54, 1.807) is 99.2 Å². The molecule has 4 aromatic carbocycles. The topological polar surface area (TPSA) is 346 Å². The Morgan fingerprint density at radius 2 is 0.829 bits per heavy atom. The summed E-state index contributed by atoms with van der Waals surface area (Å²) < 4.78 is 42.2. The van der Waals surface area contributed by atoms with Gasteiger partial charge in [-0.2, -0.15) is 15.3 Å². The number of aliphatic hydroxyl groups is 3. The largest absolute Gasteiger partial charge is 0.493 e. The van der Waals surface area contributed by atoms with Crippen molar-refractivity contribution in [3.05, 3.63) is 262 Å². The number of carboxylic acid groups (broad SMARTS) is 1. The molecule has 3 aliphatic rings. The molecule has 606 valence electrons. The molecule has 16 rings (SSSR count). The molecule has 0 aliphatic carbocycles. The molecule has 0 fully saturated rings. The van der Waals surface area contributed by atoms with Crippen molar-refractivity contribution in [2.24, 2.45) is 21.1 Å². The summed E-state index contributed by atoms with van der Waals surface area (Å²) in [6.45, 7) is 16.5. The maximum Gasteiger partial charge on any atom is 0.340 e. The molecule has 0 amide bonds. The zero-order chi connectivity index (χ0) is 83.3. The Labute approximate surface area is 673 Å². The normalized spacial score (nSPS) is 13.6. The number of carboxylic acids is 1. The second-order valence-electron chi connectivity index (χ2n) is 30.0. The van der Waals surface area contributed by atoms with Gasteiger partial charge in [-0.3, -0.25) is 43.4 Å². The molecule has 0 radical (unpaired) electrons. The Morgan fingerprint density at radius 3 is 1.15 bits per heavy atom. The van der Waals surface area contributed by atoms with Crippen LogP contribution in [0.3, 0.4) is 0 Å². The van der Waals surface area contributed by atoms with E-state index in [2.05, 4.69) is 30.2 Å². The SMILES string of the molecule is COC(=O)C(O)c1c(-c2ccc3c(c2C)CCCO3)c2cnn(Cc3ccc(C)cc3)c2c(=O)n1C.COC(=O)C(O)c1c(-c2ccc3c(c2C)CCCO3)c2cnn(Cc3ccccn3)c2c(=O)n1C.Cc1c(-c2c(C(OC(C)(C)C)C(=O)O)n(C)c(=O)c3c2cnn3Cc2ccccn2)ccc2c1CCCO2.OCc1ccccn1. The minimum atomic E-state index is -1.65. The Hall–Kier alpha value is -12.8. The van der Waals surface area contributed by atoms with Gasteiger partial charge in [-0.1, -0.05) is 66.2 Å². The lowest BCUT2D eigenvalue weighted by Gasteiger charge is -2.29. The summed E-state index contributed by atoms with van der Waals surface area (Å²) in [5, 5.41) is 56.1. The Kier molecular flexibility index (Phi) is 24.7. The van der Waals surface area contributed by atoms with E-state index < -0.39 is 41.8 Å². The van der Waals surface area contributed by atoms with E-state index in [4.69, 9.17) is 33.5 Å². The number of hydrogen-bond acceptors (Lipinski definition) is 21. The van der Waals surface area contributed by atoms with Gasteiger partial charge < -0.3 is 62.5 Å². The van der Waals surface area contributed by atoms with Crippen molar-refractivity contribution in [2.75, 3.05) is 34.0 Å². The van der Waals surface area contributed by atoms with Crippen molar-refractivity contribution in [3.63, 3.8) is 0 Å². The lowest BCUT2D eigenvalue weighted by Crippen LogP contribution is -2.33. The minimum absolute atomic E-state index is 0.0286. The third-order valence-corrected chi connectivity index (χ3v) is 21.4. The molecule has 0 saturated carbocycles. The highest BCUT2D eigenvalue weighted by atomic mass is 16.5. The maximum absolute atomic E-state index is 13.8. The van der Waals surface area contributed by atoms with Gasteiger partial charge in [0.15, 0.2) is 18.3 Å². The molecule has 3 unspecified atom stereocenters. The smallest absolute Gasteiger partial charge is 0.340 e. The lowest BCUT2D eigenvalue weighted by molar-refractivity contribution is -0.161. The van der Waals surface area contributed by atoms with E-state index >= 15 is 0 Å². The number of esters is 2. The molecule has 3 aliphatic heterocycles. The number of nitrogens with zero attached hydrogens (tertiary/aromatic N) is 12. The summed E-state index contributed by atoms with van der Waals surface area (Å²) in [6.07, 6.45) is 10.6. The number of aliphatic carboxylic acids is 1. The van der Waals surface area contributed by atoms with Crippen LogP contribution in [0.15, 0.2) is 167 Å². The highest BCUT2D eigenvalue weighted by Crippen LogP contribution is 2.45. The number of carbonyl (C=O) groups excluding carboxylic acids is 2. The van der Waals surface area contributed by atoms with Gasteiger partial charge in [-0.05, 0) is 197 Å². The van der Waals surface area contributed by atoms with Crippen LogP contribution in [0.25, 0.3) is 66.1 Å². The number of aliphatic hydroxyl groups excluding tert-OH is 3. The van der Waals surface area contributed by atoms with Crippen molar-refractivity contribution in [2.45, 2.75) is 137 Å². The van der Waals surface area contributed by atoms with E-state index in [1.165, 1.54) is 27.9 Å². The molecule has 9 aromatic heterocycles. The third-order valence-electron chi connectivity index (χ3n) is 21.4. The van der Waals surface area contributed by atoms with Gasteiger partial charge in [-0.25, -0.2) is 14.4 Å². The molecule has 0 spiro atoms. The van der Waals surface area contributed by atoms with E-state index in [0.717, 1.165) is 128 Å². The number of pyridine rings is 6. The number of aromatic nitrogens is 12. The van der Waals surface area contributed by atoms with Gasteiger partial charge in [0, 0.05) is 72.6 Å². The monoisotopic (exact) mass is 1590 g/mol. The average Bonchev–Trinajstić information content (AvgIpc) is 1.69.